The predicted octanol–water partition coefficient (Wildman–Crippen LogP) is 1.71. The molecular weight excluding hydrogens is 296 g/mol. The number of benzene rings is 1. The van der Waals surface area contributed by atoms with Crippen molar-refractivity contribution in [3.05, 3.63) is 22.7 Å². The monoisotopic (exact) mass is 310 g/mol. The Morgan fingerprint density at radius 3 is 2.95 bits per heavy atom. The number of rotatable bonds is 3. The van der Waals surface area contributed by atoms with Crippen molar-refractivity contribution in [3.8, 4) is 0 Å². The average molecular weight is 311 g/mol. The van der Waals surface area contributed by atoms with Crippen molar-refractivity contribution < 1.29 is 4.79 Å². The van der Waals surface area contributed by atoms with E-state index in [0.717, 1.165) is 42.8 Å². The molecule has 1 aromatic heterocycles. The maximum atomic E-state index is 12.2. The number of amides is 1. The molecule has 1 aliphatic rings. The highest BCUT2D eigenvalue weighted by atomic mass is 35.5. The molecule has 1 N–H and O–H groups in total. The van der Waals surface area contributed by atoms with Gasteiger partial charge in [0.1, 0.15) is 11.0 Å². The molecule has 106 valence electrons. The summed E-state index contributed by atoms with van der Waals surface area (Å²) in [5.41, 5.74) is 2.61. The summed E-state index contributed by atoms with van der Waals surface area (Å²) in [6.07, 6.45) is 1.08. The van der Waals surface area contributed by atoms with E-state index in [1.807, 2.05) is 17.0 Å². The lowest BCUT2D eigenvalue weighted by molar-refractivity contribution is -0.131. The van der Waals surface area contributed by atoms with Crippen LogP contribution < -0.4 is 5.32 Å². The summed E-state index contributed by atoms with van der Waals surface area (Å²) < 4.78 is 8.49. The number of carbonyl (C=O) groups excluding carboxylic acids is 1. The molecular formula is C13H15ClN4OS. The molecule has 0 unspecified atom stereocenters. The molecule has 5 nitrogen and oxygen atoms in total. The van der Waals surface area contributed by atoms with Crippen LogP contribution in [0.5, 0.6) is 0 Å². The van der Waals surface area contributed by atoms with Crippen LogP contribution in [-0.4, -0.2) is 45.7 Å². The second kappa shape index (κ2) is 6.03. The van der Waals surface area contributed by atoms with E-state index in [1.54, 1.807) is 0 Å². The van der Waals surface area contributed by atoms with Gasteiger partial charge in [-0.2, -0.15) is 8.75 Å². The molecule has 0 atom stereocenters. The zero-order chi connectivity index (χ0) is 13.9. The summed E-state index contributed by atoms with van der Waals surface area (Å²) in [5.74, 6) is 0.183. The van der Waals surface area contributed by atoms with Crippen molar-refractivity contribution in [3.63, 3.8) is 0 Å². The highest BCUT2D eigenvalue weighted by Crippen LogP contribution is 2.26. The van der Waals surface area contributed by atoms with Crippen LogP contribution in [0.2, 0.25) is 5.02 Å². The average Bonchev–Trinajstić information content (AvgIpc) is 2.95. The number of nitrogens with one attached hydrogen (secondary N) is 1. The van der Waals surface area contributed by atoms with Gasteiger partial charge >= 0.3 is 0 Å². The third kappa shape index (κ3) is 2.77. The highest BCUT2D eigenvalue weighted by molar-refractivity contribution is 7.00. The summed E-state index contributed by atoms with van der Waals surface area (Å²) in [6.45, 7) is 3.32. The molecule has 3 rings (SSSR count). The van der Waals surface area contributed by atoms with Crippen LogP contribution in [0.1, 0.15) is 12.0 Å². The summed E-state index contributed by atoms with van der Waals surface area (Å²) in [4.78, 5) is 14.1. The van der Waals surface area contributed by atoms with Gasteiger partial charge in [-0.15, -0.1) is 0 Å². The van der Waals surface area contributed by atoms with Gasteiger partial charge in [-0.3, -0.25) is 4.79 Å². The van der Waals surface area contributed by atoms with Crippen molar-refractivity contribution in [2.24, 2.45) is 0 Å². The van der Waals surface area contributed by atoms with Crippen LogP contribution in [-0.2, 0) is 11.2 Å². The minimum atomic E-state index is 0.183. The van der Waals surface area contributed by atoms with Gasteiger partial charge in [0.25, 0.3) is 0 Å². The lowest BCUT2D eigenvalue weighted by atomic mass is 10.1. The Kier molecular flexibility index (Phi) is 4.14. The first-order valence-corrected chi connectivity index (χ1v) is 7.74. The zero-order valence-electron chi connectivity index (χ0n) is 10.9. The summed E-state index contributed by atoms with van der Waals surface area (Å²) in [7, 11) is 0. The second-order valence-corrected chi connectivity index (χ2v) is 5.72. The standard InChI is InChI=1S/C13H15ClN4OS/c14-10-2-3-11-13(17-20-16-11)9(10)1-4-12(19)18-7-5-15-6-8-18/h2-3,15H,1,4-8H2. The van der Waals surface area contributed by atoms with E-state index < -0.39 is 0 Å². The van der Waals surface area contributed by atoms with Crippen LogP contribution in [0, 0.1) is 0 Å². The SMILES string of the molecule is O=C(CCc1c(Cl)ccc2nsnc12)N1CCNCC1. The number of hydrogen-bond acceptors (Lipinski definition) is 5. The lowest BCUT2D eigenvalue weighted by Crippen LogP contribution is -2.46. The van der Waals surface area contributed by atoms with Gasteiger partial charge in [0.2, 0.25) is 5.91 Å². The molecule has 1 saturated heterocycles. The van der Waals surface area contributed by atoms with Crippen LogP contribution >= 0.6 is 23.3 Å². The van der Waals surface area contributed by atoms with Crippen molar-refractivity contribution >= 4 is 40.3 Å². The molecule has 7 heteroatoms. The number of aryl methyl sites for hydroxylation is 1. The van der Waals surface area contributed by atoms with Gasteiger partial charge in [0.15, 0.2) is 0 Å². The van der Waals surface area contributed by atoms with Gasteiger partial charge in [0.05, 0.1) is 11.7 Å². The smallest absolute Gasteiger partial charge is 0.222 e. The molecule has 0 saturated carbocycles. The van der Waals surface area contributed by atoms with Crippen molar-refractivity contribution in [2.75, 3.05) is 26.2 Å². The summed E-state index contributed by atoms with van der Waals surface area (Å²) in [6, 6.07) is 3.69. The van der Waals surface area contributed by atoms with Crippen LogP contribution in [0.3, 0.4) is 0 Å². The maximum Gasteiger partial charge on any atom is 0.222 e. The zero-order valence-corrected chi connectivity index (χ0v) is 12.5. The lowest BCUT2D eigenvalue weighted by Gasteiger charge is -2.27. The van der Waals surface area contributed by atoms with Gasteiger partial charge in [0, 0.05) is 43.2 Å². The third-order valence-electron chi connectivity index (χ3n) is 3.53. The number of nitrogens with zero attached hydrogens (tertiary/aromatic N) is 3. The number of fused-ring (bicyclic) bond motifs is 1. The van der Waals surface area contributed by atoms with Gasteiger partial charge < -0.3 is 10.2 Å². The topological polar surface area (TPSA) is 58.1 Å². The maximum absolute atomic E-state index is 12.2. The minimum Gasteiger partial charge on any atom is -0.340 e. The number of hydrogen-bond donors (Lipinski definition) is 1. The van der Waals surface area contributed by atoms with Crippen LogP contribution in [0.4, 0.5) is 0 Å². The first-order chi connectivity index (χ1) is 9.75. The Morgan fingerprint density at radius 2 is 2.15 bits per heavy atom. The highest BCUT2D eigenvalue weighted by Gasteiger charge is 2.17. The van der Waals surface area contributed by atoms with Crippen molar-refractivity contribution in [1.82, 2.24) is 19.0 Å². The molecule has 20 heavy (non-hydrogen) atoms. The van der Waals surface area contributed by atoms with E-state index >= 15 is 0 Å². The fourth-order valence-corrected chi connectivity index (χ4v) is 3.23. The molecule has 0 spiro atoms. The molecule has 0 aliphatic carbocycles. The summed E-state index contributed by atoms with van der Waals surface area (Å²) in [5, 5.41) is 3.91. The van der Waals surface area contributed by atoms with E-state index in [-0.39, 0.29) is 5.91 Å². The second-order valence-electron chi connectivity index (χ2n) is 4.79. The normalized spacial score (nSPS) is 15.8. The molecule has 2 heterocycles. The molecule has 0 bridgehead atoms. The Hall–Kier alpha value is -1.24. The molecule has 1 aliphatic heterocycles. The Morgan fingerprint density at radius 1 is 1.35 bits per heavy atom. The van der Waals surface area contributed by atoms with E-state index in [4.69, 9.17) is 11.6 Å². The molecule has 2 aromatic rings. The minimum absolute atomic E-state index is 0.183. The number of halogens is 1. The molecule has 1 fully saturated rings. The van der Waals surface area contributed by atoms with Gasteiger partial charge in [-0.1, -0.05) is 11.6 Å². The Balaban J connectivity index is 1.71. The van der Waals surface area contributed by atoms with Gasteiger partial charge in [-0.05, 0) is 18.6 Å². The van der Waals surface area contributed by atoms with E-state index in [0.29, 0.717) is 17.9 Å². The van der Waals surface area contributed by atoms with Crippen LogP contribution in [0.15, 0.2) is 12.1 Å². The Bertz CT molecular complexity index is 624. The van der Waals surface area contributed by atoms with E-state index in [2.05, 4.69) is 14.1 Å². The number of carbonyl (C=O) groups is 1. The van der Waals surface area contributed by atoms with Gasteiger partial charge in [-0.25, -0.2) is 0 Å². The van der Waals surface area contributed by atoms with Crippen LogP contribution in [0.25, 0.3) is 11.0 Å². The fourth-order valence-electron chi connectivity index (χ4n) is 2.42. The molecule has 0 radical (unpaired) electrons. The fraction of sp³-hybridized carbons (Fsp3) is 0.462. The first kappa shape index (κ1) is 13.7. The molecule has 1 aromatic carbocycles. The Labute approximate surface area is 126 Å². The predicted molar refractivity (Wildman–Crippen MR) is 80.2 cm³/mol. The largest absolute Gasteiger partial charge is 0.340 e. The van der Waals surface area contributed by atoms with Crippen molar-refractivity contribution in [1.29, 1.82) is 0 Å². The first-order valence-electron chi connectivity index (χ1n) is 6.64. The quantitative estimate of drug-likeness (QED) is 0.937. The third-order valence-corrected chi connectivity index (χ3v) is 4.43. The van der Waals surface area contributed by atoms with E-state index in [9.17, 15) is 4.79 Å². The van der Waals surface area contributed by atoms with Crippen molar-refractivity contribution in [2.45, 2.75) is 12.8 Å². The number of piperazine rings is 1. The molecule has 1 amide bonds. The summed E-state index contributed by atoms with van der Waals surface area (Å²) >= 11 is 7.41. The number of aromatic nitrogens is 2. The van der Waals surface area contributed by atoms with E-state index in [1.165, 1.54) is 11.7 Å².